The Hall–Kier alpha value is -2.44. The third-order valence-electron chi connectivity index (χ3n) is 4.26. The molecule has 0 radical (unpaired) electrons. The van der Waals surface area contributed by atoms with E-state index in [0.29, 0.717) is 0 Å². The minimum Gasteiger partial charge on any atom is -0.352 e. The standard InChI is InChI=1S/C17H23N3O4/c1-12(16(21)19-14-8-4-2-3-5-9-14)18-17(22)13-7-6-10-15(11-13)20(23)24/h6-7,10-12,14H,2-5,8-9H2,1H3,(H,18,22)(H,19,21)/t12-/m1/s1. The van der Waals surface area contributed by atoms with Gasteiger partial charge in [-0.25, -0.2) is 0 Å². The Labute approximate surface area is 141 Å². The predicted octanol–water partition coefficient (Wildman–Crippen LogP) is 2.55. The first kappa shape index (κ1) is 17.9. The molecule has 7 heteroatoms. The maximum atomic E-state index is 12.2. The van der Waals surface area contributed by atoms with Crippen molar-refractivity contribution in [2.45, 2.75) is 57.5 Å². The summed E-state index contributed by atoms with van der Waals surface area (Å²) in [7, 11) is 0. The van der Waals surface area contributed by atoms with E-state index in [-0.39, 0.29) is 23.2 Å². The molecule has 0 heterocycles. The van der Waals surface area contributed by atoms with Crippen LogP contribution < -0.4 is 10.6 Å². The molecule has 1 aliphatic carbocycles. The molecule has 0 saturated heterocycles. The van der Waals surface area contributed by atoms with Gasteiger partial charge in [-0.3, -0.25) is 19.7 Å². The van der Waals surface area contributed by atoms with Gasteiger partial charge in [-0.05, 0) is 25.8 Å². The number of nitrogens with zero attached hydrogens (tertiary/aromatic N) is 1. The highest BCUT2D eigenvalue weighted by Crippen LogP contribution is 2.17. The summed E-state index contributed by atoms with van der Waals surface area (Å²) in [6, 6.07) is 4.92. The highest BCUT2D eigenvalue weighted by molar-refractivity contribution is 5.97. The first-order chi connectivity index (χ1) is 11.5. The van der Waals surface area contributed by atoms with Gasteiger partial charge in [-0.2, -0.15) is 0 Å². The van der Waals surface area contributed by atoms with Crippen molar-refractivity contribution in [1.82, 2.24) is 10.6 Å². The summed E-state index contributed by atoms with van der Waals surface area (Å²) < 4.78 is 0. The van der Waals surface area contributed by atoms with Gasteiger partial charge in [0.05, 0.1) is 4.92 Å². The highest BCUT2D eigenvalue weighted by atomic mass is 16.6. The Morgan fingerprint density at radius 2 is 1.88 bits per heavy atom. The molecule has 1 atom stereocenters. The van der Waals surface area contributed by atoms with Crippen LogP contribution in [0.2, 0.25) is 0 Å². The van der Waals surface area contributed by atoms with Gasteiger partial charge >= 0.3 is 0 Å². The summed E-state index contributed by atoms with van der Waals surface area (Å²) in [5.41, 5.74) is 0.0107. The van der Waals surface area contributed by atoms with Crippen LogP contribution in [0.3, 0.4) is 0 Å². The number of non-ortho nitro benzene ring substituents is 1. The van der Waals surface area contributed by atoms with Gasteiger partial charge in [-0.15, -0.1) is 0 Å². The number of nitro benzene ring substituents is 1. The van der Waals surface area contributed by atoms with Crippen LogP contribution in [0.25, 0.3) is 0 Å². The van der Waals surface area contributed by atoms with Crippen LogP contribution >= 0.6 is 0 Å². The van der Waals surface area contributed by atoms with E-state index in [1.807, 2.05) is 0 Å². The van der Waals surface area contributed by atoms with Crippen LogP contribution in [0.1, 0.15) is 55.8 Å². The first-order valence-electron chi connectivity index (χ1n) is 8.33. The number of benzene rings is 1. The van der Waals surface area contributed by atoms with Crippen molar-refractivity contribution in [3.05, 3.63) is 39.9 Å². The van der Waals surface area contributed by atoms with Crippen LogP contribution in [0.4, 0.5) is 5.69 Å². The third kappa shape index (κ3) is 5.04. The smallest absolute Gasteiger partial charge is 0.270 e. The molecule has 1 aliphatic rings. The minimum absolute atomic E-state index is 0.154. The molecule has 0 aromatic heterocycles. The molecule has 2 amide bonds. The number of rotatable bonds is 5. The summed E-state index contributed by atoms with van der Waals surface area (Å²) in [5, 5.41) is 16.3. The summed E-state index contributed by atoms with van der Waals surface area (Å²) in [6.07, 6.45) is 6.56. The number of carbonyl (C=O) groups is 2. The Kier molecular flexibility index (Phi) is 6.28. The van der Waals surface area contributed by atoms with E-state index in [4.69, 9.17) is 0 Å². The fourth-order valence-corrected chi connectivity index (χ4v) is 2.86. The average molecular weight is 333 g/mol. The lowest BCUT2D eigenvalue weighted by Gasteiger charge is -2.20. The van der Waals surface area contributed by atoms with Crippen molar-refractivity contribution in [2.75, 3.05) is 0 Å². The molecule has 0 aliphatic heterocycles. The molecule has 0 unspecified atom stereocenters. The molecule has 1 aromatic rings. The van der Waals surface area contributed by atoms with Crippen molar-refractivity contribution in [3.8, 4) is 0 Å². The molecule has 24 heavy (non-hydrogen) atoms. The van der Waals surface area contributed by atoms with E-state index in [1.165, 1.54) is 37.1 Å². The van der Waals surface area contributed by atoms with Gasteiger partial charge in [0, 0.05) is 23.7 Å². The molecule has 0 spiro atoms. The molecule has 2 N–H and O–H groups in total. The van der Waals surface area contributed by atoms with E-state index in [1.54, 1.807) is 6.92 Å². The van der Waals surface area contributed by atoms with Crippen molar-refractivity contribution in [3.63, 3.8) is 0 Å². The predicted molar refractivity (Wildman–Crippen MR) is 89.7 cm³/mol. The molecule has 7 nitrogen and oxygen atoms in total. The van der Waals surface area contributed by atoms with E-state index < -0.39 is 16.9 Å². The fourth-order valence-electron chi connectivity index (χ4n) is 2.86. The topological polar surface area (TPSA) is 101 Å². The van der Waals surface area contributed by atoms with Gasteiger partial charge in [0.15, 0.2) is 0 Å². The molecule has 0 bridgehead atoms. The van der Waals surface area contributed by atoms with E-state index in [2.05, 4.69) is 10.6 Å². The Morgan fingerprint density at radius 1 is 1.21 bits per heavy atom. The van der Waals surface area contributed by atoms with Gasteiger partial charge in [-0.1, -0.05) is 31.7 Å². The lowest BCUT2D eigenvalue weighted by atomic mass is 10.1. The third-order valence-corrected chi connectivity index (χ3v) is 4.26. The maximum absolute atomic E-state index is 12.2. The number of hydrogen-bond acceptors (Lipinski definition) is 4. The molecule has 2 rings (SSSR count). The zero-order valence-electron chi connectivity index (χ0n) is 13.8. The molecular weight excluding hydrogens is 310 g/mol. The van der Waals surface area contributed by atoms with Crippen molar-refractivity contribution < 1.29 is 14.5 Å². The summed E-state index contributed by atoms with van der Waals surface area (Å²) >= 11 is 0. The second-order valence-electron chi connectivity index (χ2n) is 6.20. The molecule has 130 valence electrons. The van der Waals surface area contributed by atoms with Crippen LogP contribution in [-0.4, -0.2) is 28.8 Å². The van der Waals surface area contributed by atoms with Crippen molar-refractivity contribution in [1.29, 1.82) is 0 Å². The van der Waals surface area contributed by atoms with Crippen molar-refractivity contribution >= 4 is 17.5 Å². The first-order valence-corrected chi connectivity index (χ1v) is 8.33. The monoisotopic (exact) mass is 333 g/mol. The zero-order valence-corrected chi connectivity index (χ0v) is 13.8. The quantitative estimate of drug-likeness (QED) is 0.491. The SMILES string of the molecule is C[C@@H](NC(=O)c1cccc([N+](=O)[O-])c1)C(=O)NC1CCCCCC1. The van der Waals surface area contributed by atoms with Crippen LogP contribution in [-0.2, 0) is 4.79 Å². The van der Waals surface area contributed by atoms with Gasteiger partial charge in [0.1, 0.15) is 6.04 Å². The van der Waals surface area contributed by atoms with Crippen molar-refractivity contribution in [2.24, 2.45) is 0 Å². The summed E-state index contributed by atoms with van der Waals surface area (Å²) in [4.78, 5) is 34.6. The largest absolute Gasteiger partial charge is 0.352 e. The average Bonchev–Trinajstić information content (AvgIpc) is 2.83. The Morgan fingerprint density at radius 3 is 2.50 bits per heavy atom. The molecular formula is C17H23N3O4. The number of nitro groups is 1. The summed E-state index contributed by atoms with van der Waals surface area (Å²) in [6.45, 7) is 1.61. The van der Waals surface area contributed by atoms with Crippen LogP contribution in [0.5, 0.6) is 0 Å². The van der Waals surface area contributed by atoms with Crippen LogP contribution in [0, 0.1) is 10.1 Å². The molecule has 1 aromatic carbocycles. The van der Waals surface area contributed by atoms with E-state index >= 15 is 0 Å². The fraction of sp³-hybridized carbons (Fsp3) is 0.529. The Bertz CT molecular complexity index is 610. The normalized spacial score (nSPS) is 16.7. The van der Waals surface area contributed by atoms with E-state index in [0.717, 1.165) is 25.7 Å². The zero-order chi connectivity index (χ0) is 17.5. The van der Waals surface area contributed by atoms with Crippen LogP contribution in [0.15, 0.2) is 24.3 Å². The second-order valence-corrected chi connectivity index (χ2v) is 6.20. The summed E-state index contributed by atoms with van der Waals surface area (Å²) in [5.74, 6) is -0.720. The molecule has 1 fully saturated rings. The van der Waals surface area contributed by atoms with Gasteiger partial charge < -0.3 is 10.6 Å². The number of hydrogen-bond donors (Lipinski definition) is 2. The minimum atomic E-state index is -0.694. The molecule has 1 saturated carbocycles. The van der Waals surface area contributed by atoms with Gasteiger partial charge in [0.2, 0.25) is 5.91 Å². The maximum Gasteiger partial charge on any atom is 0.270 e. The highest BCUT2D eigenvalue weighted by Gasteiger charge is 2.21. The second kappa shape index (κ2) is 8.42. The van der Waals surface area contributed by atoms with E-state index in [9.17, 15) is 19.7 Å². The lowest BCUT2D eigenvalue weighted by molar-refractivity contribution is -0.384. The van der Waals surface area contributed by atoms with Gasteiger partial charge in [0.25, 0.3) is 11.6 Å². The number of nitrogens with one attached hydrogen (secondary N) is 2. The lowest BCUT2D eigenvalue weighted by Crippen LogP contribution is -2.48. The number of amides is 2. The Balaban J connectivity index is 1.91. The number of carbonyl (C=O) groups excluding carboxylic acids is 2.